The van der Waals surface area contributed by atoms with Crippen LogP contribution in [0.5, 0.6) is 0 Å². The van der Waals surface area contributed by atoms with E-state index in [1.807, 2.05) is 57.2 Å². The number of hydrogen-bond donors (Lipinski definition) is 1. The molecule has 0 spiro atoms. The van der Waals surface area contributed by atoms with Crippen LogP contribution in [0.25, 0.3) is 22.2 Å². The summed E-state index contributed by atoms with van der Waals surface area (Å²) in [5.74, 6) is 0.306. The van der Waals surface area contributed by atoms with Crippen LogP contribution >= 0.6 is 0 Å². The smallest absolute Gasteiger partial charge is 0.419 e. The molecule has 2 aromatic carbocycles. The second-order valence-corrected chi connectivity index (χ2v) is 12.5. The molecule has 0 aliphatic carbocycles. The van der Waals surface area contributed by atoms with Crippen molar-refractivity contribution in [2.24, 2.45) is 5.92 Å². The molecule has 186 valence electrons. The van der Waals surface area contributed by atoms with Gasteiger partial charge in [-0.3, -0.25) is 4.79 Å². The largest absolute Gasteiger partial charge is 0.443 e. The van der Waals surface area contributed by atoms with E-state index in [1.165, 1.54) is 0 Å². The minimum Gasteiger partial charge on any atom is -0.443 e. The van der Waals surface area contributed by atoms with Gasteiger partial charge in [-0.05, 0) is 64.4 Å². The number of rotatable bonds is 5. The molecule has 0 radical (unpaired) electrons. The van der Waals surface area contributed by atoms with Crippen molar-refractivity contribution in [1.82, 2.24) is 4.57 Å². The van der Waals surface area contributed by atoms with Gasteiger partial charge in [0, 0.05) is 46.3 Å². The summed E-state index contributed by atoms with van der Waals surface area (Å²) in [7, 11) is -2.98. The second kappa shape index (κ2) is 9.15. The number of hydrogen-bond acceptors (Lipinski definition) is 6. The summed E-state index contributed by atoms with van der Waals surface area (Å²) < 4.78 is 28.7. The second-order valence-electron chi connectivity index (χ2n) is 10.1. The quantitative estimate of drug-likeness (QED) is 0.473. The van der Waals surface area contributed by atoms with Crippen LogP contribution in [-0.4, -0.2) is 45.1 Å². The van der Waals surface area contributed by atoms with Gasteiger partial charge in [0.25, 0.3) is 0 Å². The molecule has 4 rings (SSSR count). The van der Waals surface area contributed by atoms with Crippen molar-refractivity contribution < 1.29 is 18.5 Å². The van der Waals surface area contributed by atoms with Crippen molar-refractivity contribution in [3.05, 3.63) is 48.5 Å². The van der Waals surface area contributed by atoms with Gasteiger partial charge >= 0.3 is 6.09 Å². The van der Waals surface area contributed by atoms with E-state index in [0.29, 0.717) is 34.8 Å². The van der Waals surface area contributed by atoms with Crippen LogP contribution in [0.15, 0.2) is 53.4 Å². The summed E-state index contributed by atoms with van der Waals surface area (Å²) in [4.78, 5) is 28.0. The van der Waals surface area contributed by atoms with Crippen LogP contribution in [-0.2, 0) is 19.3 Å². The summed E-state index contributed by atoms with van der Waals surface area (Å²) in [5, 5.41) is 0.870. The van der Waals surface area contributed by atoms with Gasteiger partial charge in [0.2, 0.25) is 0 Å². The van der Waals surface area contributed by atoms with Gasteiger partial charge in [0.15, 0.2) is 0 Å². The average molecular weight is 496 g/mol. The van der Waals surface area contributed by atoms with Crippen molar-refractivity contribution >= 4 is 38.2 Å². The molecule has 1 aromatic heterocycles. The molecule has 35 heavy (non-hydrogen) atoms. The zero-order valence-electron chi connectivity index (χ0n) is 21.0. The Morgan fingerprint density at radius 3 is 2.49 bits per heavy atom. The van der Waals surface area contributed by atoms with Crippen molar-refractivity contribution in [2.45, 2.75) is 51.5 Å². The number of Topliss-reactive ketones (excluding diaryl/α,β-unsaturated/α-hetero) is 1. The van der Waals surface area contributed by atoms with Gasteiger partial charge in [-0.15, -0.1) is 0 Å². The average Bonchev–Trinajstić information content (AvgIpc) is 3.43. The Kier molecular flexibility index (Phi) is 6.53. The maximum atomic E-state index is 13.4. The minimum atomic E-state index is -2.98. The molecule has 8 heteroatoms. The lowest BCUT2D eigenvalue weighted by Gasteiger charge is -2.25. The Hall–Kier alpha value is -3.13. The number of nitrogens with one attached hydrogen (secondary N) is 1. The Bertz CT molecular complexity index is 1400. The van der Waals surface area contributed by atoms with Gasteiger partial charge in [0.05, 0.1) is 20.9 Å². The third-order valence-electron chi connectivity index (χ3n) is 6.42. The molecule has 1 aliphatic heterocycles. The van der Waals surface area contributed by atoms with Gasteiger partial charge in [-0.2, -0.15) is 0 Å². The number of nitrogens with zero attached hydrogens (tertiary/aromatic N) is 2. The van der Waals surface area contributed by atoms with Crippen LogP contribution in [0, 0.1) is 10.7 Å². The fourth-order valence-corrected chi connectivity index (χ4v) is 5.47. The van der Waals surface area contributed by atoms with E-state index in [2.05, 4.69) is 4.90 Å². The highest BCUT2D eigenvalue weighted by Gasteiger charge is 2.30. The van der Waals surface area contributed by atoms with Crippen LogP contribution in [0.3, 0.4) is 0 Å². The lowest BCUT2D eigenvalue weighted by Crippen LogP contribution is -2.28. The van der Waals surface area contributed by atoms with E-state index in [9.17, 15) is 13.8 Å². The number of carbonyl (C=O) groups excluding carboxylic acids is 2. The van der Waals surface area contributed by atoms with Gasteiger partial charge in [-0.1, -0.05) is 25.1 Å². The number of fused-ring (bicyclic) bond motifs is 1. The molecule has 1 saturated heterocycles. The third kappa shape index (κ3) is 4.98. The number of benzene rings is 2. The fraction of sp³-hybridized carbons (Fsp3) is 0.407. The van der Waals surface area contributed by atoms with E-state index < -0.39 is 21.4 Å². The van der Waals surface area contributed by atoms with E-state index in [1.54, 1.807) is 30.5 Å². The minimum absolute atomic E-state index is 0.0460. The summed E-state index contributed by atoms with van der Waals surface area (Å²) in [6.45, 7) is 10.1. The van der Waals surface area contributed by atoms with Gasteiger partial charge in [-0.25, -0.2) is 18.4 Å². The maximum Gasteiger partial charge on any atom is 0.419 e. The molecule has 3 aromatic rings. The van der Waals surface area contributed by atoms with E-state index in [-0.39, 0.29) is 17.5 Å². The Morgan fingerprint density at radius 1 is 1.14 bits per heavy atom. The predicted octanol–water partition coefficient (Wildman–Crippen LogP) is 5.93. The summed E-state index contributed by atoms with van der Waals surface area (Å²) in [5.41, 5.74) is 2.16. The van der Waals surface area contributed by atoms with E-state index in [4.69, 9.17) is 9.52 Å². The first-order valence-corrected chi connectivity index (χ1v) is 13.6. The molecule has 7 nitrogen and oxygen atoms in total. The molecule has 0 amide bonds. The first-order chi connectivity index (χ1) is 16.4. The molecule has 1 unspecified atom stereocenters. The van der Waals surface area contributed by atoms with Crippen molar-refractivity contribution in [1.29, 1.82) is 4.78 Å². The highest BCUT2D eigenvalue weighted by molar-refractivity contribution is 7.92. The number of aromatic nitrogens is 1. The van der Waals surface area contributed by atoms with Gasteiger partial charge in [0.1, 0.15) is 11.4 Å². The standard InChI is InChI=1S/C27H33N3O4S/c1-6-35(28,33)21-11-12-24(29-14-13-20(17-29)18(2)31)22(16-21)25-15-19-9-7-8-10-23(19)30(25)26(32)34-27(3,4)5/h7-12,15-16,20,28H,6,13-14,17H2,1-5H3/t20?,35-/m1/s1. The zero-order chi connectivity index (χ0) is 25.5. The van der Waals surface area contributed by atoms with E-state index >= 15 is 0 Å². The summed E-state index contributed by atoms with van der Waals surface area (Å²) >= 11 is 0. The van der Waals surface area contributed by atoms with Crippen LogP contribution < -0.4 is 4.90 Å². The number of anilines is 1. The molecule has 2 heterocycles. The maximum absolute atomic E-state index is 13.4. The Labute approximate surface area is 207 Å². The lowest BCUT2D eigenvalue weighted by atomic mass is 10.1. The molecule has 0 saturated carbocycles. The SMILES string of the molecule is CC[S@@](=N)(=O)c1ccc(N2CCC(C(C)=O)C2)c(-c2cc3ccccc3n2C(=O)OC(C)(C)C)c1. The van der Waals surface area contributed by atoms with E-state index in [0.717, 1.165) is 17.5 Å². The monoisotopic (exact) mass is 495 g/mol. The lowest BCUT2D eigenvalue weighted by molar-refractivity contribution is -0.120. The third-order valence-corrected chi connectivity index (χ3v) is 8.25. The first-order valence-electron chi connectivity index (χ1n) is 11.9. The molecular weight excluding hydrogens is 462 g/mol. The predicted molar refractivity (Wildman–Crippen MR) is 140 cm³/mol. The normalized spacial score (nSPS) is 18.0. The number of ether oxygens (including phenoxy) is 1. The number of para-hydroxylation sites is 1. The molecule has 0 bridgehead atoms. The first kappa shape index (κ1) is 25.0. The molecule has 1 N–H and O–H groups in total. The molecule has 1 aliphatic rings. The highest BCUT2D eigenvalue weighted by atomic mass is 32.2. The molecule has 2 atom stereocenters. The Morgan fingerprint density at radius 2 is 1.86 bits per heavy atom. The zero-order valence-corrected chi connectivity index (χ0v) is 21.8. The van der Waals surface area contributed by atoms with Gasteiger partial charge < -0.3 is 9.64 Å². The molecular formula is C27H33N3O4S. The van der Waals surface area contributed by atoms with Crippen LogP contribution in [0.2, 0.25) is 0 Å². The van der Waals surface area contributed by atoms with Crippen LogP contribution in [0.4, 0.5) is 10.5 Å². The highest BCUT2D eigenvalue weighted by Crippen LogP contribution is 2.39. The number of carbonyl (C=O) groups is 2. The van der Waals surface area contributed by atoms with Crippen molar-refractivity contribution in [2.75, 3.05) is 23.7 Å². The molecule has 1 fully saturated rings. The van der Waals surface area contributed by atoms with Crippen LogP contribution in [0.1, 0.15) is 41.0 Å². The Balaban J connectivity index is 1.96. The topological polar surface area (TPSA) is 92.5 Å². The summed E-state index contributed by atoms with van der Waals surface area (Å²) in [6.07, 6.45) is 0.255. The summed E-state index contributed by atoms with van der Waals surface area (Å²) in [6, 6.07) is 14.9. The van der Waals surface area contributed by atoms with Crippen molar-refractivity contribution in [3.63, 3.8) is 0 Å². The van der Waals surface area contributed by atoms with Crippen molar-refractivity contribution in [3.8, 4) is 11.3 Å². The number of ketones is 1. The fourth-order valence-electron chi connectivity index (χ4n) is 4.54.